The van der Waals surface area contributed by atoms with Crippen LogP contribution in [0, 0.1) is 5.92 Å². The van der Waals surface area contributed by atoms with Crippen molar-refractivity contribution in [2.75, 3.05) is 18.5 Å². The Morgan fingerprint density at radius 1 is 1.38 bits per heavy atom. The molecule has 3 N–H and O–H groups in total. The molecule has 8 nitrogen and oxygen atoms in total. The van der Waals surface area contributed by atoms with E-state index in [0.29, 0.717) is 36.6 Å². The summed E-state index contributed by atoms with van der Waals surface area (Å²) in [5.74, 6) is 0.685. The van der Waals surface area contributed by atoms with E-state index in [1.54, 1.807) is 0 Å². The normalized spacial score (nSPS) is 11.5. The Morgan fingerprint density at radius 3 is 2.71 bits per heavy atom. The summed E-state index contributed by atoms with van der Waals surface area (Å²) in [6.45, 7) is 5.09. The first kappa shape index (κ1) is 15.3. The standard InChI is InChI=1S/C13H21N5O3/c1-8(2)7-18-10-9(11(20)17(3)13(18)21)15-12(16-10)14-5-4-6-19/h8,19H,4-7H2,1-3H3,(H2,14,15,16). The summed E-state index contributed by atoms with van der Waals surface area (Å²) >= 11 is 0. The van der Waals surface area contributed by atoms with Crippen molar-refractivity contribution in [3.8, 4) is 0 Å². The van der Waals surface area contributed by atoms with Crippen LogP contribution in [0.15, 0.2) is 9.59 Å². The van der Waals surface area contributed by atoms with Crippen LogP contribution in [-0.2, 0) is 13.6 Å². The maximum absolute atomic E-state index is 12.2. The highest BCUT2D eigenvalue weighted by Crippen LogP contribution is 2.10. The second kappa shape index (κ2) is 6.13. The summed E-state index contributed by atoms with van der Waals surface area (Å²) in [5, 5.41) is 11.8. The van der Waals surface area contributed by atoms with Crippen molar-refractivity contribution in [3.63, 3.8) is 0 Å². The number of fused-ring (bicyclic) bond motifs is 1. The highest BCUT2D eigenvalue weighted by Gasteiger charge is 2.16. The highest BCUT2D eigenvalue weighted by molar-refractivity contribution is 5.72. The van der Waals surface area contributed by atoms with Crippen LogP contribution in [0.1, 0.15) is 20.3 Å². The van der Waals surface area contributed by atoms with Gasteiger partial charge in [-0.1, -0.05) is 13.8 Å². The smallest absolute Gasteiger partial charge is 0.332 e. The van der Waals surface area contributed by atoms with E-state index in [1.807, 2.05) is 13.8 Å². The van der Waals surface area contributed by atoms with Gasteiger partial charge < -0.3 is 15.4 Å². The highest BCUT2D eigenvalue weighted by atomic mass is 16.3. The van der Waals surface area contributed by atoms with Gasteiger partial charge in [-0.3, -0.25) is 13.9 Å². The van der Waals surface area contributed by atoms with Crippen LogP contribution in [0.25, 0.3) is 11.2 Å². The Balaban J connectivity index is 2.55. The predicted octanol–water partition coefficient (Wildman–Crippen LogP) is -0.126. The zero-order valence-electron chi connectivity index (χ0n) is 12.5. The van der Waals surface area contributed by atoms with Crippen molar-refractivity contribution in [2.45, 2.75) is 26.8 Å². The zero-order valence-corrected chi connectivity index (χ0v) is 12.5. The van der Waals surface area contributed by atoms with E-state index >= 15 is 0 Å². The lowest BCUT2D eigenvalue weighted by molar-refractivity contribution is 0.292. The number of aliphatic hydroxyl groups is 1. The van der Waals surface area contributed by atoms with Crippen molar-refractivity contribution < 1.29 is 5.11 Å². The number of H-pyrrole nitrogens is 1. The van der Waals surface area contributed by atoms with E-state index in [9.17, 15) is 9.59 Å². The summed E-state index contributed by atoms with van der Waals surface area (Å²) in [7, 11) is 1.46. The molecule has 116 valence electrons. The van der Waals surface area contributed by atoms with E-state index < -0.39 is 5.56 Å². The molecule has 0 saturated carbocycles. The molecule has 0 unspecified atom stereocenters. The SMILES string of the molecule is CC(C)Cn1c(=O)n(C)c(=O)c2[nH]c(NCCCO)nc21. The fourth-order valence-electron chi connectivity index (χ4n) is 2.13. The summed E-state index contributed by atoms with van der Waals surface area (Å²) in [5.41, 5.74) is -0.0835. The molecule has 0 bridgehead atoms. The van der Waals surface area contributed by atoms with Gasteiger partial charge in [0.25, 0.3) is 5.56 Å². The largest absolute Gasteiger partial charge is 0.396 e. The number of aliphatic hydroxyl groups excluding tert-OH is 1. The van der Waals surface area contributed by atoms with Gasteiger partial charge in [-0.05, 0) is 12.3 Å². The van der Waals surface area contributed by atoms with Gasteiger partial charge in [0.2, 0.25) is 5.95 Å². The van der Waals surface area contributed by atoms with Gasteiger partial charge in [0, 0.05) is 26.7 Å². The third-order valence-electron chi connectivity index (χ3n) is 3.15. The minimum absolute atomic E-state index is 0.0764. The lowest BCUT2D eigenvalue weighted by Crippen LogP contribution is -2.38. The number of aromatic nitrogens is 4. The Hall–Kier alpha value is -2.09. The molecule has 0 aliphatic rings. The van der Waals surface area contributed by atoms with Crippen LogP contribution < -0.4 is 16.6 Å². The van der Waals surface area contributed by atoms with Crippen LogP contribution in [0.4, 0.5) is 5.95 Å². The Morgan fingerprint density at radius 2 is 2.10 bits per heavy atom. The number of aromatic amines is 1. The third-order valence-corrected chi connectivity index (χ3v) is 3.15. The molecule has 0 radical (unpaired) electrons. The van der Waals surface area contributed by atoms with E-state index in [0.717, 1.165) is 4.57 Å². The van der Waals surface area contributed by atoms with Gasteiger partial charge in [-0.2, -0.15) is 4.98 Å². The number of anilines is 1. The second-order valence-corrected chi connectivity index (χ2v) is 5.44. The van der Waals surface area contributed by atoms with Gasteiger partial charge in [0.05, 0.1) is 0 Å². The van der Waals surface area contributed by atoms with Crippen LogP contribution in [0.2, 0.25) is 0 Å². The monoisotopic (exact) mass is 295 g/mol. The number of hydrogen-bond acceptors (Lipinski definition) is 5. The van der Waals surface area contributed by atoms with Crippen LogP contribution in [0.3, 0.4) is 0 Å². The average molecular weight is 295 g/mol. The van der Waals surface area contributed by atoms with Crippen LogP contribution in [0.5, 0.6) is 0 Å². The number of hydrogen-bond donors (Lipinski definition) is 3. The second-order valence-electron chi connectivity index (χ2n) is 5.44. The lowest BCUT2D eigenvalue weighted by atomic mass is 10.2. The first-order valence-corrected chi connectivity index (χ1v) is 7.00. The summed E-state index contributed by atoms with van der Waals surface area (Å²) in [4.78, 5) is 31.6. The number of nitrogens with one attached hydrogen (secondary N) is 2. The molecular weight excluding hydrogens is 274 g/mol. The zero-order chi connectivity index (χ0) is 15.6. The summed E-state index contributed by atoms with van der Waals surface area (Å²) in [6, 6.07) is 0. The maximum atomic E-state index is 12.2. The molecule has 21 heavy (non-hydrogen) atoms. The molecule has 0 atom stereocenters. The molecule has 8 heteroatoms. The predicted molar refractivity (Wildman–Crippen MR) is 80.6 cm³/mol. The molecule has 0 spiro atoms. The fraction of sp³-hybridized carbons (Fsp3) is 0.615. The van der Waals surface area contributed by atoms with Gasteiger partial charge in [0.1, 0.15) is 0 Å². The van der Waals surface area contributed by atoms with E-state index in [2.05, 4.69) is 15.3 Å². The minimum Gasteiger partial charge on any atom is -0.396 e. The molecular formula is C13H21N5O3. The molecule has 2 aromatic heterocycles. The Bertz CT molecular complexity index is 741. The van der Waals surface area contributed by atoms with Crippen molar-refractivity contribution >= 4 is 17.1 Å². The number of nitrogens with zero attached hydrogens (tertiary/aromatic N) is 3. The average Bonchev–Trinajstić information content (AvgIpc) is 2.85. The van der Waals surface area contributed by atoms with E-state index in [1.165, 1.54) is 11.6 Å². The fourth-order valence-corrected chi connectivity index (χ4v) is 2.13. The third kappa shape index (κ3) is 2.99. The van der Waals surface area contributed by atoms with Gasteiger partial charge >= 0.3 is 5.69 Å². The van der Waals surface area contributed by atoms with Crippen LogP contribution in [-0.4, -0.2) is 37.4 Å². The lowest BCUT2D eigenvalue weighted by Gasteiger charge is -2.10. The summed E-state index contributed by atoms with van der Waals surface area (Å²) in [6.07, 6.45) is 0.577. The maximum Gasteiger partial charge on any atom is 0.332 e. The Labute approximate surface area is 121 Å². The molecule has 2 aromatic rings. The molecule has 0 aromatic carbocycles. The molecule has 2 heterocycles. The Kier molecular flexibility index (Phi) is 4.46. The van der Waals surface area contributed by atoms with Crippen LogP contribution >= 0.6 is 0 Å². The first-order valence-electron chi connectivity index (χ1n) is 7.00. The molecule has 0 amide bonds. The summed E-state index contributed by atoms with van der Waals surface area (Å²) < 4.78 is 2.59. The topological polar surface area (TPSA) is 105 Å². The van der Waals surface area contributed by atoms with Crippen molar-refractivity contribution in [1.29, 1.82) is 0 Å². The number of rotatable bonds is 6. The van der Waals surface area contributed by atoms with Crippen molar-refractivity contribution in [3.05, 3.63) is 20.8 Å². The van der Waals surface area contributed by atoms with Crippen molar-refractivity contribution in [1.82, 2.24) is 19.1 Å². The van der Waals surface area contributed by atoms with Gasteiger partial charge in [0.15, 0.2) is 11.2 Å². The quantitative estimate of drug-likeness (QED) is 0.644. The molecule has 0 saturated heterocycles. The van der Waals surface area contributed by atoms with E-state index in [4.69, 9.17) is 5.11 Å². The molecule has 0 fully saturated rings. The van der Waals surface area contributed by atoms with E-state index in [-0.39, 0.29) is 18.2 Å². The number of imidazole rings is 1. The van der Waals surface area contributed by atoms with Gasteiger partial charge in [-0.15, -0.1) is 0 Å². The first-order chi connectivity index (χ1) is 9.95. The van der Waals surface area contributed by atoms with Crippen molar-refractivity contribution in [2.24, 2.45) is 13.0 Å². The molecule has 0 aliphatic carbocycles. The van der Waals surface area contributed by atoms with Gasteiger partial charge in [-0.25, -0.2) is 4.79 Å². The minimum atomic E-state index is -0.391. The molecule has 2 rings (SSSR count). The molecule has 0 aliphatic heterocycles.